The molecule has 1 atom stereocenters. The zero-order valence-corrected chi connectivity index (χ0v) is 15.7. The normalized spacial score (nSPS) is 15.4. The Bertz CT molecular complexity index is 700. The summed E-state index contributed by atoms with van der Waals surface area (Å²) in [5, 5.41) is 14.7. The van der Waals surface area contributed by atoms with Gasteiger partial charge in [-0.2, -0.15) is 0 Å². The van der Waals surface area contributed by atoms with Crippen molar-refractivity contribution in [3.63, 3.8) is 0 Å². The van der Waals surface area contributed by atoms with E-state index in [1.54, 1.807) is 0 Å². The summed E-state index contributed by atoms with van der Waals surface area (Å²) >= 11 is 0. The van der Waals surface area contributed by atoms with Crippen LogP contribution in [0, 0.1) is 5.41 Å². The highest BCUT2D eigenvalue weighted by molar-refractivity contribution is 5.85. The van der Waals surface area contributed by atoms with Crippen LogP contribution in [-0.4, -0.2) is 11.9 Å². The van der Waals surface area contributed by atoms with Crippen LogP contribution in [0.5, 0.6) is 11.5 Å². The lowest BCUT2D eigenvalue weighted by Crippen LogP contribution is -2.44. The number of fused-ring (bicyclic) bond motifs is 1. The molecule has 0 bridgehead atoms. The van der Waals surface area contributed by atoms with Gasteiger partial charge in [-0.3, -0.25) is 5.32 Å². The van der Waals surface area contributed by atoms with Crippen LogP contribution in [0.25, 0.3) is 0 Å². The van der Waals surface area contributed by atoms with Gasteiger partial charge in [-0.15, -0.1) is 12.4 Å². The Kier molecular flexibility index (Phi) is 5.99. The number of nitrogens with one attached hydrogen (secondary N) is 1. The number of aliphatic hydroxyl groups is 1. The van der Waals surface area contributed by atoms with Crippen LogP contribution in [-0.2, 0) is 12.3 Å². The van der Waals surface area contributed by atoms with Gasteiger partial charge in [0.25, 0.3) is 0 Å². The average Bonchev–Trinajstić information content (AvgIpc) is 3.00. The van der Waals surface area contributed by atoms with Crippen LogP contribution >= 0.6 is 12.4 Å². The van der Waals surface area contributed by atoms with Crippen molar-refractivity contribution in [2.24, 2.45) is 5.41 Å². The molecule has 25 heavy (non-hydrogen) atoms. The molecular formula is C20H26ClNO3. The average molecular weight is 364 g/mol. The molecule has 4 nitrogen and oxygen atoms in total. The monoisotopic (exact) mass is 363 g/mol. The van der Waals surface area contributed by atoms with Gasteiger partial charge in [0.15, 0.2) is 11.5 Å². The maximum Gasteiger partial charge on any atom is 0.231 e. The van der Waals surface area contributed by atoms with Crippen molar-refractivity contribution < 1.29 is 14.6 Å². The molecule has 1 aliphatic rings. The largest absolute Gasteiger partial charge is 0.454 e. The zero-order chi connectivity index (χ0) is 17.2. The van der Waals surface area contributed by atoms with Gasteiger partial charge in [-0.1, -0.05) is 57.2 Å². The maximum atomic E-state index is 11.4. The van der Waals surface area contributed by atoms with E-state index in [-0.39, 0.29) is 24.6 Å². The second-order valence-corrected chi connectivity index (χ2v) is 7.50. The van der Waals surface area contributed by atoms with Crippen LogP contribution in [0.1, 0.15) is 38.3 Å². The molecule has 2 aromatic carbocycles. The third-order valence-corrected chi connectivity index (χ3v) is 4.06. The summed E-state index contributed by atoms with van der Waals surface area (Å²) in [6.45, 7) is 7.18. The van der Waals surface area contributed by atoms with E-state index >= 15 is 0 Å². The van der Waals surface area contributed by atoms with E-state index in [9.17, 15) is 5.11 Å². The summed E-state index contributed by atoms with van der Waals surface area (Å²) < 4.78 is 10.8. The second-order valence-electron chi connectivity index (χ2n) is 7.50. The Morgan fingerprint density at radius 3 is 2.36 bits per heavy atom. The Labute approximate surface area is 155 Å². The highest BCUT2D eigenvalue weighted by Gasteiger charge is 2.35. The van der Waals surface area contributed by atoms with E-state index in [1.807, 2.05) is 48.5 Å². The van der Waals surface area contributed by atoms with E-state index in [4.69, 9.17) is 9.47 Å². The fraction of sp³-hybridized carbons (Fsp3) is 0.400. The fourth-order valence-corrected chi connectivity index (χ4v) is 3.03. The van der Waals surface area contributed by atoms with Crippen LogP contribution in [0.2, 0.25) is 0 Å². The number of ether oxygens (including phenoxy) is 2. The molecule has 0 amide bonds. The van der Waals surface area contributed by atoms with E-state index in [0.717, 1.165) is 16.9 Å². The third-order valence-electron chi connectivity index (χ3n) is 4.06. The van der Waals surface area contributed by atoms with Gasteiger partial charge in [-0.25, -0.2) is 0 Å². The van der Waals surface area contributed by atoms with Crippen molar-refractivity contribution in [3.05, 3.63) is 59.7 Å². The molecular weight excluding hydrogens is 338 g/mol. The van der Waals surface area contributed by atoms with Crippen molar-refractivity contribution in [1.82, 2.24) is 5.32 Å². The molecule has 1 unspecified atom stereocenters. The molecule has 0 radical (unpaired) electrons. The lowest BCUT2D eigenvalue weighted by atomic mass is 9.82. The van der Waals surface area contributed by atoms with Crippen LogP contribution < -0.4 is 14.8 Å². The molecule has 136 valence electrons. The quantitative estimate of drug-likeness (QED) is 0.781. The van der Waals surface area contributed by atoms with Crippen molar-refractivity contribution in [3.8, 4) is 11.5 Å². The van der Waals surface area contributed by atoms with E-state index in [1.165, 1.54) is 0 Å². The molecule has 0 aliphatic carbocycles. The summed E-state index contributed by atoms with van der Waals surface area (Å²) in [4.78, 5) is 0. The van der Waals surface area contributed by atoms with Gasteiger partial charge >= 0.3 is 0 Å². The Hall–Kier alpha value is -1.75. The topological polar surface area (TPSA) is 50.7 Å². The van der Waals surface area contributed by atoms with Gasteiger partial charge in [-0.05, 0) is 29.5 Å². The Morgan fingerprint density at radius 1 is 1.00 bits per heavy atom. The third kappa shape index (κ3) is 4.88. The van der Waals surface area contributed by atoms with Crippen LogP contribution in [0.15, 0.2) is 48.5 Å². The minimum atomic E-state index is -1.14. The minimum Gasteiger partial charge on any atom is -0.454 e. The van der Waals surface area contributed by atoms with Crippen molar-refractivity contribution >= 4 is 12.4 Å². The van der Waals surface area contributed by atoms with E-state index < -0.39 is 5.72 Å². The summed E-state index contributed by atoms with van der Waals surface area (Å²) in [5.41, 5.74) is 0.729. The van der Waals surface area contributed by atoms with E-state index in [0.29, 0.717) is 18.7 Å². The first-order valence-electron chi connectivity index (χ1n) is 8.27. The summed E-state index contributed by atoms with van der Waals surface area (Å²) in [5.74, 6) is 1.40. The zero-order valence-electron chi connectivity index (χ0n) is 14.9. The van der Waals surface area contributed by atoms with Crippen molar-refractivity contribution in [2.45, 2.75) is 39.5 Å². The first-order chi connectivity index (χ1) is 11.4. The van der Waals surface area contributed by atoms with Crippen molar-refractivity contribution in [1.29, 1.82) is 0 Å². The number of hydrogen-bond donors (Lipinski definition) is 2. The Balaban J connectivity index is 0.00000225. The van der Waals surface area contributed by atoms with Crippen LogP contribution in [0.4, 0.5) is 0 Å². The lowest BCUT2D eigenvalue weighted by Gasteiger charge is -2.36. The molecule has 0 saturated heterocycles. The number of hydrogen-bond acceptors (Lipinski definition) is 4. The second kappa shape index (κ2) is 7.65. The predicted octanol–water partition coefficient (Wildman–Crippen LogP) is 4.21. The first-order valence-corrected chi connectivity index (χ1v) is 8.27. The summed E-state index contributed by atoms with van der Waals surface area (Å²) in [6, 6.07) is 15.7. The highest BCUT2D eigenvalue weighted by Crippen LogP contribution is 2.39. The molecule has 0 saturated carbocycles. The molecule has 0 fully saturated rings. The maximum absolute atomic E-state index is 11.4. The number of benzene rings is 2. The van der Waals surface area contributed by atoms with Crippen LogP contribution in [0.3, 0.4) is 0 Å². The number of halogens is 1. The van der Waals surface area contributed by atoms with Gasteiger partial charge in [0.05, 0.1) is 0 Å². The van der Waals surface area contributed by atoms with E-state index in [2.05, 4.69) is 26.1 Å². The lowest BCUT2D eigenvalue weighted by molar-refractivity contribution is -0.0371. The fourth-order valence-electron chi connectivity index (χ4n) is 3.03. The predicted molar refractivity (Wildman–Crippen MR) is 101 cm³/mol. The standard InChI is InChI=1S/C20H25NO3.ClH/c1-19(2,3)13-20(22,21-12-15-7-5-4-6-8-15)16-9-10-17-18(11-16)24-14-23-17;/h4-11,21-22H,12-14H2,1-3H3;1H. The van der Waals surface area contributed by atoms with Crippen molar-refractivity contribution in [2.75, 3.05) is 6.79 Å². The number of rotatable bonds is 5. The SMILES string of the molecule is CC(C)(C)CC(O)(NCc1ccccc1)c1ccc2c(c1)OCO2.Cl. The molecule has 0 aromatic heterocycles. The summed E-state index contributed by atoms with van der Waals surface area (Å²) in [7, 11) is 0. The molecule has 0 spiro atoms. The first kappa shape index (κ1) is 19.6. The summed E-state index contributed by atoms with van der Waals surface area (Å²) in [6.07, 6.45) is 0.576. The molecule has 3 rings (SSSR count). The van der Waals surface area contributed by atoms with Gasteiger partial charge in [0.2, 0.25) is 6.79 Å². The Morgan fingerprint density at radius 2 is 1.68 bits per heavy atom. The molecule has 2 aromatic rings. The van der Waals surface area contributed by atoms with Gasteiger partial charge in [0.1, 0.15) is 5.72 Å². The molecule has 2 N–H and O–H groups in total. The minimum absolute atomic E-state index is 0. The van der Waals surface area contributed by atoms with Gasteiger partial charge < -0.3 is 14.6 Å². The molecule has 1 aliphatic heterocycles. The smallest absolute Gasteiger partial charge is 0.231 e. The molecule has 5 heteroatoms. The van der Waals surface area contributed by atoms with Gasteiger partial charge in [0, 0.05) is 12.1 Å². The molecule has 1 heterocycles. The highest BCUT2D eigenvalue weighted by atomic mass is 35.5.